The number of nitrogens with zero attached hydrogens (tertiary/aromatic N) is 1. The Morgan fingerprint density at radius 3 is 2.94 bits per heavy atom. The summed E-state index contributed by atoms with van der Waals surface area (Å²) < 4.78 is 6.55. The molecule has 0 bridgehead atoms. The van der Waals surface area contributed by atoms with E-state index in [1.807, 2.05) is 23.1 Å². The van der Waals surface area contributed by atoms with Crippen molar-refractivity contribution >= 4 is 34.2 Å². The Kier molecular flexibility index (Phi) is 3.91. The molecule has 1 aromatic rings. The topological polar surface area (TPSA) is 29.5 Å². The van der Waals surface area contributed by atoms with Crippen molar-refractivity contribution in [2.75, 3.05) is 18.1 Å². The lowest BCUT2D eigenvalue weighted by molar-refractivity contribution is -0.121. The molecule has 0 saturated carbocycles. The van der Waals surface area contributed by atoms with Gasteiger partial charge in [-0.1, -0.05) is 13.8 Å². The Balaban J connectivity index is 2.26. The number of hydrogen-bond donors (Lipinski definition) is 0. The lowest BCUT2D eigenvalue weighted by atomic mass is 10.1. The highest BCUT2D eigenvalue weighted by Gasteiger charge is 2.25. The van der Waals surface area contributed by atoms with Gasteiger partial charge in [0.2, 0.25) is 0 Å². The first-order chi connectivity index (χ1) is 8.08. The van der Waals surface area contributed by atoms with Crippen molar-refractivity contribution in [1.29, 1.82) is 0 Å². The maximum atomic E-state index is 11.9. The number of ether oxygens (including phenoxy) is 1. The van der Waals surface area contributed by atoms with Gasteiger partial charge in [0.15, 0.2) is 6.61 Å². The summed E-state index contributed by atoms with van der Waals surface area (Å²) in [5.74, 6) is 1.46. The molecule has 0 atom stereocenters. The van der Waals surface area contributed by atoms with Gasteiger partial charge >= 0.3 is 0 Å². The third-order valence-corrected chi connectivity index (χ3v) is 3.47. The number of carbonyl (C=O) groups excluding carboxylic acids is 1. The van der Waals surface area contributed by atoms with E-state index in [4.69, 9.17) is 4.74 Å². The number of carbonyl (C=O) groups is 1. The summed E-state index contributed by atoms with van der Waals surface area (Å²) in [7, 11) is 0. The summed E-state index contributed by atoms with van der Waals surface area (Å²) in [6.45, 7) is 5.26. The van der Waals surface area contributed by atoms with Crippen LogP contribution in [0.2, 0.25) is 0 Å². The summed E-state index contributed by atoms with van der Waals surface area (Å²) in [4.78, 5) is 13.7. The third-order valence-electron chi connectivity index (χ3n) is 2.79. The van der Waals surface area contributed by atoms with E-state index in [1.165, 1.54) is 0 Å². The average molecular weight is 345 g/mol. The highest BCUT2D eigenvalue weighted by atomic mass is 127. The number of halogens is 1. The molecule has 1 aliphatic heterocycles. The van der Waals surface area contributed by atoms with Crippen LogP contribution in [0.3, 0.4) is 0 Å². The van der Waals surface area contributed by atoms with Crippen LogP contribution < -0.4 is 9.64 Å². The van der Waals surface area contributed by atoms with Crippen molar-refractivity contribution < 1.29 is 9.53 Å². The molecule has 0 N–H and O–H groups in total. The van der Waals surface area contributed by atoms with E-state index in [-0.39, 0.29) is 12.5 Å². The maximum absolute atomic E-state index is 11.9. The second kappa shape index (κ2) is 5.25. The minimum Gasteiger partial charge on any atom is -0.482 e. The number of hydrogen-bond acceptors (Lipinski definition) is 2. The van der Waals surface area contributed by atoms with Crippen LogP contribution in [0.15, 0.2) is 18.2 Å². The number of fused-ring (bicyclic) bond motifs is 1. The Labute approximate surface area is 115 Å². The fourth-order valence-corrected chi connectivity index (χ4v) is 2.28. The largest absolute Gasteiger partial charge is 0.482 e. The van der Waals surface area contributed by atoms with Crippen LogP contribution in [0.5, 0.6) is 5.75 Å². The normalized spacial score (nSPS) is 14.8. The molecule has 0 saturated heterocycles. The summed E-state index contributed by atoms with van der Waals surface area (Å²) in [5.41, 5.74) is 0.911. The third kappa shape index (κ3) is 2.91. The van der Waals surface area contributed by atoms with E-state index in [9.17, 15) is 4.79 Å². The summed E-state index contributed by atoms with van der Waals surface area (Å²) in [5, 5.41) is 0. The molecule has 0 fully saturated rings. The van der Waals surface area contributed by atoms with Gasteiger partial charge in [-0.15, -0.1) is 0 Å². The summed E-state index contributed by atoms with van der Waals surface area (Å²) in [6.07, 6.45) is 1.01. The minimum atomic E-state index is 0.0557. The molecular weight excluding hydrogens is 329 g/mol. The van der Waals surface area contributed by atoms with E-state index < -0.39 is 0 Å². The monoisotopic (exact) mass is 345 g/mol. The smallest absolute Gasteiger partial charge is 0.265 e. The van der Waals surface area contributed by atoms with E-state index in [1.54, 1.807) is 0 Å². The van der Waals surface area contributed by atoms with Gasteiger partial charge < -0.3 is 9.64 Å². The fourth-order valence-electron chi connectivity index (χ4n) is 1.81. The van der Waals surface area contributed by atoms with Crippen LogP contribution in [0.25, 0.3) is 0 Å². The molecule has 3 nitrogen and oxygen atoms in total. The van der Waals surface area contributed by atoms with Gasteiger partial charge in [0, 0.05) is 10.1 Å². The fraction of sp³-hybridized carbons (Fsp3) is 0.462. The Morgan fingerprint density at radius 1 is 1.47 bits per heavy atom. The molecule has 17 heavy (non-hydrogen) atoms. The lowest BCUT2D eigenvalue weighted by Crippen LogP contribution is -2.39. The van der Waals surface area contributed by atoms with E-state index in [0.717, 1.165) is 28.0 Å². The van der Waals surface area contributed by atoms with E-state index >= 15 is 0 Å². The zero-order chi connectivity index (χ0) is 12.4. The maximum Gasteiger partial charge on any atom is 0.265 e. The zero-order valence-corrected chi connectivity index (χ0v) is 12.2. The molecule has 1 aromatic carbocycles. The molecule has 1 heterocycles. The summed E-state index contributed by atoms with van der Waals surface area (Å²) >= 11 is 2.25. The molecule has 2 rings (SSSR count). The molecule has 0 radical (unpaired) electrons. The van der Waals surface area contributed by atoms with Crippen LogP contribution in [0, 0.1) is 9.49 Å². The van der Waals surface area contributed by atoms with Gasteiger partial charge in [0.05, 0.1) is 5.69 Å². The number of anilines is 1. The zero-order valence-electron chi connectivity index (χ0n) is 10.1. The molecule has 1 amide bonds. The molecule has 0 aromatic heterocycles. The first-order valence-corrected chi connectivity index (χ1v) is 6.88. The van der Waals surface area contributed by atoms with Crippen LogP contribution in [0.4, 0.5) is 5.69 Å². The van der Waals surface area contributed by atoms with Crippen molar-refractivity contribution in [2.45, 2.75) is 20.3 Å². The SMILES string of the molecule is CC(C)CCN1C(=O)COc2ccc(I)cc21. The van der Waals surface area contributed by atoms with Gasteiger partial charge in [-0.3, -0.25) is 4.79 Å². The Morgan fingerprint density at radius 2 is 2.24 bits per heavy atom. The number of rotatable bonds is 3. The van der Waals surface area contributed by atoms with Crippen LogP contribution >= 0.6 is 22.6 Å². The van der Waals surface area contributed by atoms with Crippen molar-refractivity contribution in [1.82, 2.24) is 0 Å². The first-order valence-electron chi connectivity index (χ1n) is 5.80. The van der Waals surface area contributed by atoms with Crippen molar-refractivity contribution in [3.8, 4) is 5.75 Å². The molecule has 92 valence electrons. The Bertz CT molecular complexity index is 431. The van der Waals surface area contributed by atoms with Crippen molar-refractivity contribution in [3.05, 3.63) is 21.8 Å². The molecule has 0 spiro atoms. The molecule has 0 aliphatic carbocycles. The predicted molar refractivity (Wildman–Crippen MR) is 76.5 cm³/mol. The average Bonchev–Trinajstić information content (AvgIpc) is 2.27. The lowest BCUT2D eigenvalue weighted by Gasteiger charge is -2.30. The van der Waals surface area contributed by atoms with Crippen LogP contribution in [-0.4, -0.2) is 19.1 Å². The summed E-state index contributed by atoms with van der Waals surface area (Å²) in [6, 6.07) is 5.94. The van der Waals surface area contributed by atoms with Crippen molar-refractivity contribution in [2.24, 2.45) is 5.92 Å². The second-order valence-electron chi connectivity index (χ2n) is 4.63. The molecule has 0 unspecified atom stereocenters. The minimum absolute atomic E-state index is 0.0557. The quantitative estimate of drug-likeness (QED) is 0.788. The molecular formula is C13H16INO2. The van der Waals surface area contributed by atoms with Gasteiger partial charge in [0.25, 0.3) is 5.91 Å². The van der Waals surface area contributed by atoms with E-state index in [0.29, 0.717) is 5.92 Å². The van der Waals surface area contributed by atoms with E-state index in [2.05, 4.69) is 36.4 Å². The van der Waals surface area contributed by atoms with Crippen LogP contribution in [-0.2, 0) is 4.79 Å². The number of benzene rings is 1. The first kappa shape index (κ1) is 12.7. The van der Waals surface area contributed by atoms with Gasteiger partial charge in [-0.25, -0.2) is 0 Å². The highest BCUT2D eigenvalue weighted by molar-refractivity contribution is 14.1. The highest BCUT2D eigenvalue weighted by Crippen LogP contribution is 2.33. The Hall–Kier alpha value is -0.780. The van der Waals surface area contributed by atoms with Gasteiger partial charge in [-0.05, 0) is 53.1 Å². The van der Waals surface area contributed by atoms with Crippen LogP contribution in [0.1, 0.15) is 20.3 Å². The number of amides is 1. The van der Waals surface area contributed by atoms with Gasteiger partial charge in [0.1, 0.15) is 5.75 Å². The molecule has 4 heteroatoms. The standard InChI is InChI=1S/C13H16INO2/c1-9(2)5-6-15-11-7-10(14)3-4-12(11)17-8-13(15)16/h3-4,7,9H,5-6,8H2,1-2H3. The van der Waals surface area contributed by atoms with Gasteiger partial charge in [-0.2, -0.15) is 0 Å². The second-order valence-corrected chi connectivity index (χ2v) is 5.87. The predicted octanol–water partition coefficient (Wildman–Crippen LogP) is 3.06. The van der Waals surface area contributed by atoms with Crippen molar-refractivity contribution in [3.63, 3.8) is 0 Å². The molecule has 1 aliphatic rings.